The molecule has 4 rings (SSSR count). The third kappa shape index (κ3) is 5.84. The Morgan fingerprint density at radius 2 is 1.11 bits per heavy atom. The van der Waals surface area contributed by atoms with Crippen molar-refractivity contribution < 1.29 is 16.8 Å². The molecule has 0 unspecified atom stereocenters. The van der Waals surface area contributed by atoms with Crippen molar-refractivity contribution in [2.45, 2.75) is 52.7 Å². The Bertz CT molecular complexity index is 1300. The molecule has 0 amide bonds. The van der Waals surface area contributed by atoms with E-state index in [-0.39, 0.29) is 4.90 Å². The van der Waals surface area contributed by atoms with E-state index in [4.69, 9.17) is 8.37 Å². The van der Waals surface area contributed by atoms with Crippen LogP contribution in [0.25, 0.3) is 0 Å². The van der Waals surface area contributed by atoms with E-state index in [2.05, 4.69) is 6.92 Å². The van der Waals surface area contributed by atoms with Crippen molar-refractivity contribution in [1.82, 2.24) is 0 Å². The minimum Gasteiger partial charge on any atom is -0.494 e. The molecule has 0 aliphatic rings. The molecule has 0 heterocycles. The lowest BCUT2D eigenvalue weighted by Gasteiger charge is -2.39. The minimum atomic E-state index is -4.10. The van der Waals surface area contributed by atoms with Crippen LogP contribution in [0.2, 0.25) is 0 Å². The van der Waals surface area contributed by atoms with E-state index in [1.165, 1.54) is 0 Å². The summed E-state index contributed by atoms with van der Waals surface area (Å²) < 4.78 is 39.7. The van der Waals surface area contributed by atoms with Gasteiger partial charge in [-0.3, -0.25) is 0 Å². The fourth-order valence-electron chi connectivity index (χ4n) is 3.90. The van der Waals surface area contributed by atoms with E-state index in [1.54, 1.807) is 24.3 Å². The van der Waals surface area contributed by atoms with Crippen molar-refractivity contribution in [3.8, 4) is 5.75 Å². The van der Waals surface area contributed by atoms with Crippen LogP contribution >= 0.6 is 10.3 Å². The molecule has 4 nitrogen and oxygen atoms in total. The summed E-state index contributed by atoms with van der Waals surface area (Å²) in [6.45, 7) is 4.74. The van der Waals surface area contributed by atoms with Crippen LogP contribution in [0.15, 0.2) is 129 Å². The zero-order valence-corrected chi connectivity index (χ0v) is 22.3. The van der Waals surface area contributed by atoms with Crippen LogP contribution in [0, 0.1) is 6.92 Å². The Hall–Kier alpha value is -3.06. The summed E-state index contributed by atoms with van der Waals surface area (Å²) in [6.07, 6.45) is 3.26. The van der Waals surface area contributed by atoms with Gasteiger partial charge in [0.1, 0.15) is 5.75 Å². The molecule has 0 radical (unpaired) electrons. The molecule has 0 atom stereocenters. The molecule has 0 spiro atoms. The average Bonchev–Trinajstić information content (AvgIpc) is 2.91. The van der Waals surface area contributed by atoms with Crippen LogP contribution < -0.4 is 4.74 Å². The van der Waals surface area contributed by atoms with Crippen LogP contribution in [0.4, 0.5) is 0 Å². The number of hydrogen-bond acceptors (Lipinski definition) is 4. The summed E-state index contributed by atoms with van der Waals surface area (Å²) in [5, 5.41) is 0. The summed E-state index contributed by atoms with van der Waals surface area (Å²) in [4.78, 5) is 2.50. The lowest BCUT2D eigenvalue weighted by Crippen LogP contribution is -2.14. The third-order valence-electron chi connectivity index (χ3n) is 5.82. The lowest BCUT2D eigenvalue weighted by molar-refractivity contribution is 0.306. The van der Waals surface area contributed by atoms with Gasteiger partial charge in [-0.15, -0.1) is 0 Å². The van der Waals surface area contributed by atoms with E-state index in [0.29, 0.717) is 6.61 Å². The summed E-state index contributed by atoms with van der Waals surface area (Å²) in [5.74, 6) is 0.755. The van der Waals surface area contributed by atoms with Crippen LogP contribution in [-0.2, 0) is 13.7 Å². The van der Waals surface area contributed by atoms with Crippen molar-refractivity contribution in [2.24, 2.45) is 0 Å². The molecular formula is C30H32O4S2. The van der Waals surface area contributed by atoms with Crippen molar-refractivity contribution in [3.63, 3.8) is 0 Å². The molecule has 0 aromatic heterocycles. The van der Waals surface area contributed by atoms with Crippen LogP contribution in [0.5, 0.6) is 5.75 Å². The molecule has 188 valence electrons. The minimum absolute atomic E-state index is 0.132. The molecule has 36 heavy (non-hydrogen) atoms. The first kappa shape index (κ1) is 26.0. The maximum absolute atomic E-state index is 13.7. The summed E-state index contributed by atoms with van der Waals surface area (Å²) in [7, 11) is -6.74. The first-order chi connectivity index (χ1) is 17.5. The van der Waals surface area contributed by atoms with Gasteiger partial charge in [-0.25, -0.2) is 3.63 Å². The molecule has 4 aromatic carbocycles. The Kier molecular flexibility index (Phi) is 8.52. The Balaban J connectivity index is 1.84. The second kappa shape index (κ2) is 11.8. The van der Waals surface area contributed by atoms with Gasteiger partial charge in [0.05, 0.1) is 11.5 Å². The van der Waals surface area contributed by atoms with Crippen molar-refractivity contribution in [2.75, 3.05) is 6.61 Å². The third-order valence-corrected chi connectivity index (χ3v) is 11.0. The SMILES string of the molecule is CCCCCOc1ccc(S(OS(=O)(=O)c2ccc(C)cc2)(c2ccccc2)c2ccccc2)cc1. The highest BCUT2D eigenvalue weighted by Gasteiger charge is 2.38. The van der Waals surface area contributed by atoms with Gasteiger partial charge in [-0.2, -0.15) is 8.42 Å². The summed E-state index contributed by atoms with van der Waals surface area (Å²) >= 11 is 0. The number of unbranched alkanes of at least 4 members (excludes halogenated alkanes) is 2. The van der Waals surface area contributed by atoms with Gasteiger partial charge in [-0.1, -0.05) is 73.9 Å². The number of ether oxygens (including phenoxy) is 1. The van der Waals surface area contributed by atoms with Crippen molar-refractivity contribution in [1.29, 1.82) is 0 Å². The topological polar surface area (TPSA) is 52.6 Å². The quantitative estimate of drug-likeness (QED) is 0.187. The van der Waals surface area contributed by atoms with Gasteiger partial charge in [0, 0.05) is 14.7 Å². The van der Waals surface area contributed by atoms with Crippen LogP contribution in [0.1, 0.15) is 31.7 Å². The Morgan fingerprint density at radius 1 is 0.611 bits per heavy atom. The maximum Gasteiger partial charge on any atom is 0.307 e. The highest BCUT2D eigenvalue weighted by molar-refractivity contribution is 8.33. The van der Waals surface area contributed by atoms with Crippen LogP contribution in [0.3, 0.4) is 0 Å². The van der Waals surface area contributed by atoms with Gasteiger partial charge in [0.2, 0.25) is 0 Å². The van der Waals surface area contributed by atoms with Crippen molar-refractivity contribution in [3.05, 3.63) is 115 Å². The summed E-state index contributed by atoms with van der Waals surface area (Å²) in [6, 6.07) is 33.6. The van der Waals surface area contributed by atoms with E-state index in [0.717, 1.165) is 45.3 Å². The zero-order chi connectivity index (χ0) is 25.4. The van der Waals surface area contributed by atoms with E-state index in [1.807, 2.05) is 91.9 Å². The van der Waals surface area contributed by atoms with Crippen LogP contribution in [-0.4, -0.2) is 15.0 Å². The molecule has 0 bridgehead atoms. The molecular weight excluding hydrogens is 488 g/mol. The lowest BCUT2D eigenvalue weighted by atomic mass is 10.2. The van der Waals surface area contributed by atoms with E-state index >= 15 is 0 Å². The Morgan fingerprint density at radius 3 is 1.64 bits per heavy atom. The number of hydrogen-bond donors (Lipinski definition) is 0. The first-order valence-electron chi connectivity index (χ1n) is 12.1. The van der Waals surface area contributed by atoms with E-state index < -0.39 is 20.4 Å². The normalized spacial score (nSPS) is 12.3. The molecule has 0 saturated carbocycles. The molecule has 4 aromatic rings. The van der Waals surface area contributed by atoms with Gasteiger partial charge in [0.25, 0.3) is 0 Å². The molecule has 0 saturated heterocycles. The van der Waals surface area contributed by atoms with Crippen molar-refractivity contribution >= 4 is 20.4 Å². The molecule has 0 aliphatic carbocycles. The predicted molar refractivity (Wildman–Crippen MR) is 146 cm³/mol. The molecule has 0 N–H and O–H groups in total. The van der Waals surface area contributed by atoms with Gasteiger partial charge >= 0.3 is 10.1 Å². The van der Waals surface area contributed by atoms with Gasteiger partial charge < -0.3 is 4.74 Å². The molecule has 0 aliphatic heterocycles. The average molecular weight is 521 g/mol. The fraction of sp³-hybridized carbons (Fsp3) is 0.200. The zero-order valence-electron chi connectivity index (χ0n) is 20.7. The number of rotatable bonds is 11. The largest absolute Gasteiger partial charge is 0.494 e. The summed E-state index contributed by atoms with van der Waals surface area (Å²) in [5.41, 5.74) is 0.980. The monoisotopic (exact) mass is 520 g/mol. The van der Waals surface area contributed by atoms with Gasteiger partial charge in [0.15, 0.2) is 0 Å². The molecule has 0 fully saturated rings. The fourth-order valence-corrected chi connectivity index (χ4v) is 9.12. The smallest absolute Gasteiger partial charge is 0.307 e. The first-order valence-corrected chi connectivity index (χ1v) is 15.1. The van der Waals surface area contributed by atoms with Gasteiger partial charge in [-0.05, 0) is 84.3 Å². The standard InChI is InChI=1S/C30H32O4S2/c1-3-4-11-24-33-26-18-22-29(23-19-26)35(27-12-7-5-8-13-27,28-14-9-6-10-15-28)34-36(31,32)30-20-16-25(2)17-21-30/h5-10,12-23H,3-4,11,24H2,1-2H3. The molecule has 6 heteroatoms. The van der Waals surface area contributed by atoms with E-state index in [9.17, 15) is 8.42 Å². The highest BCUT2D eigenvalue weighted by atomic mass is 32.3. The maximum atomic E-state index is 13.7. The number of benzene rings is 4. The highest BCUT2D eigenvalue weighted by Crippen LogP contribution is 2.70. The number of aryl methyl sites for hydroxylation is 1. The Labute approximate surface area is 216 Å². The predicted octanol–water partition coefficient (Wildman–Crippen LogP) is 8.17. The second-order valence-corrected chi connectivity index (χ2v) is 13.0. The second-order valence-electron chi connectivity index (χ2n) is 8.54.